The van der Waals surface area contributed by atoms with Crippen LogP contribution >= 0.6 is 0 Å². The number of benzene rings is 1. The number of carbonyl (C=O) groups excluding carboxylic acids is 3. The lowest BCUT2D eigenvalue weighted by Crippen LogP contribution is -2.60. The maximum atomic E-state index is 13.5. The summed E-state index contributed by atoms with van der Waals surface area (Å²) >= 11 is 0. The summed E-state index contributed by atoms with van der Waals surface area (Å²) in [6, 6.07) is 6.00. The molecule has 1 aromatic heterocycles. The molecule has 33 heavy (non-hydrogen) atoms. The van der Waals surface area contributed by atoms with Crippen LogP contribution in [0.3, 0.4) is 0 Å². The van der Waals surface area contributed by atoms with Crippen molar-refractivity contribution in [2.75, 3.05) is 19.0 Å². The molecule has 0 saturated carbocycles. The van der Waals surface area contributed by atoms with Crippen molar-refractivity contribution < 1.29 is 36.7 Å². The Bertz CT molecular complexity index is 1150. The Kier molecular flexibility index (Phi) is 7.29. The SMILES string of the molecule is COCC(C)(NC(=O)C(=O)c1cc(C(=O)Nc2ccc(F)c(C#N)c2)n(C)c1C)C(F)(F)F. The van der Waals surface area contributed by atoms with Gasteiger partial charge < -0.3 is 19.9 Å². The number of ether oxygens (including phenoxy) is 1. The Morgan fingerprint density at radius 1 is 1.21 bits per heavy atom. The monoisotopic (exact) mass is 468 g/mol. The number of anilines is 1. The van der Waals surface area contributed by atoms with Crippen LogP contribution in [0.25, 0.3) is 0 Å². The number of Topliss-reactive ketones (excluding diaryl/α,β-unsaturated/α-hetero) is 1. The number of nitrogens with zero attached hydrogens (tertiary/aromatic N) is 2. The third-order valence-corrected chi connectivity index (χ3v) is 5.01. The van der Waals surface area contributed by atoms with E-state index >= 15 is 0 Å². The average Bonchev–Trinajstić information content (AvgIpc) is 3.03. The molecule has 0 radical (unpaired) electrons. The Hall–Kier alpha value is -3.72. The molecule has 1 unspecified atom stereocenters. The van der Waals surface area contributed by atoms with E-state index in [1.807, 2.05) is 0 Å². The minimum atomic E-state index is -4.90. The number of amides is 2. The van der Waals surface area contributed by atoms with Crippen LogP contribution in [0.1, 0.15) is 39.0 Å². The van der Waals surface area contributed by atoms with Crippen LogP contribution in [0.15, 0.2) is 24.3 Å². The number of rotatable bonds is 7. The third kappa shape index (κ3) is 5.20. The number of carbonyl (C=O) groups is 3. The molecule has 2 aromatic rings. The van der Waals surface area contributed by atoms with Gasteiger partial charge in [-0.15, -0.1) is 0 Å². The second kappa shape index (κ2) is 9.41. The van der Waals surface area contributed by atoms with E-state index in [9.17, 15) is 31.9 Å². The summed E-state index contributed by atoms with van der Waals surface area (Å²) in [5.74, 6) is -4.33. The Labute approximate surface area is 186 Å². The van der Waals surface area contributed by atoms with Gasteiger partial charge in [-0.25, -0.2) is 4.39 Å². The highest BCUT2D eigenvalue weighted by Crippen LogP contribution is 2.30. The van der Waals surface area contributed by atoms with Crippen molar-refractivity contribution in [3.05, 3.63) is 52.6 Å². The maximum Gasteiger partial charge on any atom is 0.413 e. The lowest BCUT2D eigenvalue weighted by atomic mass is 10.0. The number of nitrogens with one attached hydrogen (secondary N) is 2. The molecule has 1 aromatic carbocycles. The molecule has 0 saturated heterocycles. The molecule has 2 amide bonds. The van der Waals surface area contributed by atoms with Crippen molar-refractivity contribution in [2.24, 2.45) is 7.05 Å². The van der Waals surface area contributed by atoms with Crippen molar-refractivity contribution >= 4 is 23.3 Å². The molecule has 12 heteroatoms. The Morgan fingerprint density at radius 3 is 2.39 bits per heavy atom. The number of hydrogen-bond acceptors (Lipinski definition) is 5. The van der Waals surface area contributed by atoms with Crippen LogP contribution in [0.4, 0.5) is 23.2 Å². The number of aromatic nitrogens is 1. The molecule has 0 bridgehead atoms. The van der Waals surface area contributed by atoms with Gasteiger partial charge in [0.2, 0.25) is 0 Å². The largest absolute Gasteiger partial charge is 0.413 e. The van der Waals surface area contributed by atoms with Crippen molar-refractivity contribution in [1.82, 2.24) is 9.88 Å². The molecule has 0 aliphatic carbocycles. The van der Waals surface area contributed by atoms with Crippen LogP contribution in [-0.2, 0) is 16.6 Å². The first-order chi connectivity index (χ1) is 15.3. The summed E-state index contributed by atoms with van der Waals surface area (Å²) in [5.41, 5.74) is -3.23. The molecule has 2 N–H and O–H groups in total. The normalized spacial score (nSPS) is 13.1. The fourth-order valence-corrected chi connectivity index (χ4v) is 2.94. The smallest absolute Gasteiger partial charge is 0.382 e. The lowest BCUT2D eigenvalue weighted by molar-refractivity contribution is -0.204. The zero-order chi connectivity index (χ0) is 25.1. The zero-order valence-electron chi connectivity index (χ0n) is 18.1. The summed E-state index contributed by atoms with van der Waals surface area (Å²) in [6.07, 6.45) is -4.90. The second-order valence-electron chi connectivity index (χ2n) is 7.39. The molecule has 0 aliphatic rings. The van der Waals surface area contributed by atoms with Gasteiger partial charge in [-0.1, -0.05) is 0 Å². The van der Waals surface area contributed by atoms with E-state index in [0.717, 1.165) is 25.3 Å². The van der Waals surface area contributed by atoms with Gasteiger partial charge in [0.25, 0.3) is 17.6 Å². The van der Waals surface area contributed by atoms with Crippen LogP contribution in [0.5, 0.6) is 0 Å². The molecular formula is C21H20F4N4O4. The van der Waals surface area contributed by atoms with Crippen LogP contribution in [0, 0.1) is 24.1 Å². The molecule has 1 heterocycles. The number of ketones is 1. The van der Waals surface area contributed by atoms with Gasteiger partial charge >= 0.3 is 6.18 Å². The van der Waals surface area contributed by atoms with Gasteiger partial charge in [0.05, 0.1) is 12.2 Å². The van der Waals surface area contributed by atoms with E-state index in [4.69, 9.17) is 5.26 Å². The van der Waals surface area contributed by atoms with Crippen molar-refractivity contribution in [3.8, 4) is 6.07 Å². The predicted octanol–water partition coefficient (Wildman–Crippen LogP) is 2.86. The molecule has 0 fully saturated rings. The van der Waals surface area contributed by atoms with E-state index in [1.54, 1.807) is 11.4 Å². The van der Waals surface area contributed by atoms with Gasteiger partial charge in [0, 0.05) is 31.1 Å². The fraction of sp³-hybridized carbons (Fsp3) is 0.333. The fourth-order valence-electron chi connectivity index (χ4n) is 2.94. The van der Waals surface area contributed by atoms with Crippen LogP contribution in [-0.4, -0.2) is 47.6 Å². The van der Waals surface area contributed by atoms with Crippen molar-refractivity contribution in [1.29, 1.82) is 5.26 Å². The number of nitriles is 1. The topological polar surface area (TPSA) is 113 Å². The predicted molar refractivity (Wildman–Crippen MR) is 108 cm³/mol. The minimum absolute atomic E-state index is 0.0954. The molecular weight excluding hydrogens is 448 g/mol. The van der Waals surface area contributed by atoms with E-state index in [2.05, 4.69) is 10.1 Å². The number of hydrogen-bond donors (Lipinski definition) is 2. The summed E-state index contributed by atoms with van der Waals surface area (Å²) in [6.45, 7) is 1.16. The second-order valence-corrected chi connectivity index (χ2v) is 7.39. The highest BCUT2D eigenvalue weighted by molar-refractivity contribution is 6.43. The van der Waals surface area contributed by atoms with E-state index < -0.39 is 41.7 Å². The highest BCUT2D eigenvalue weighted by atomic mass is 19.4. The number of methoxy groups -OCH3 is 1. The van der Waals surface area contributed by atoms with Crippen LogP contribution < -0.4 is 10.6 Å². The van der Waals surface area contributed by atoms with Crippen molar-refractivity contribution in [3.63, 3.8) is 0 Å². The molecule has 176 valence electrons. The highest BCUT2D eigenvalue weighted by Gasteiger charge is 2.53. The van der Waals surface area contributed by atoms with Gasteiger partial charge in [0.1, 0.15) is 17.6 Å². The van der Waals surface area contributed by atoms with Gasteiger partial charge in [0.15, 0.2) is 5.54 Å². The summed E-state index contributed by atoms with van der Waals surface area (Å²) < 4.78 is 59.3. The van der Waals surface area contributed by atoms with E-state index in [-0.39, 0.29) is 28.2 Å². The zero-order valence-corrected chi connectivity index (χ0v) is 18.1. The first kappa shape index (κ1) is 25.5. The molecule has 8 nitrogen and oxygen atoms in total. The molecule has 1 atom stereocenters. The standard InChI is InChI=1S/C21H20F4N4O4/c1-11-14(17(30)19(32)28-20(2,10-33-4)21(23,24)25)8-16(29(11)3)18(31)27-13-5-6-15(22)12(7-13)9-26/h5-8H,10H2,1-4H3,(H,27,31)(H,28,32). The molecule has 0 spiro atoms. The van der Waals surface area contributed by atoms with Gasteiger partial charge in [-0.05, 0) is 38.1 Å². The van der Waals surface area contributed by atoms with Crippen LogP contribution in [0.2, 0.25) is 0 Å². The van der Waals surface area contributed by atoms with Crippen molar-refractivity contribution in [2.45, 2.75) is 25.6 Å². The lowest BCUT2D eigenvalue weighted by Gasteiger charge is -2.31. The average molecular weight is 468 g/mol. The molecule has 2 rings (SSSR count). The van der Waals surface area contributed by atoms with Gasteiger partial charge in [-0.2, -0.15) is 18.4 Å². The Balaban J connectivity index is 2.30. The summed E-state index contributed by atoms with van der Waals surface area (Å²) in [4.78, 5) is 37.6. The van der Waals surface area contributed by atoms with E-state index in [0.29, 0.717) is 6.92 Å². The minimum Gasteiger partial charge on any atom is -0.382 e. The van der Waals surface area contributed by atoms with Gasteiger partial charge in [-0.3, -0.25) is 14.4 Å². The first-order valence-corrected chi connectivity index (χ1v) is 9.35. The number of alkyl halides is 3. The maximum absolute atomic E-state index is 13.5. The van der Waals surface area contributed by atoms with E-state index in [1.165, 1.54) is 24.6 Å². The molecule has 0 aliphatic heterocycles. The third-order valence-electron chi connectivity index (χ3n) is 5.01. The first-order valence-electron chi connectivity index (χ1n) is 9.35. The summed E-state index contributed by atoms with van der Waals surface area (Å²) in [7, 11) is 2.43. The summed E-state index contributed by atoms with van der Waals surface area (Å²) in [5, 5.41) is 13.0. The Morgan fingerprint density at radius 2 is 1.85 bits per heavy atom. The number of halogens is 4. The quantitative estimate of drug-likeness (QED) is 0.369.